The monoisotopic (exact) mass is 382 g/mol. The number of aryl methyl sites for hydroxylation is 1. The Morgan fingerprint density at radius 2 is 1.74 bits per heavy atom. The number of carbonyl (C=O) groups excluding carboxylic acids is 1. The molecule has 2 N–H and O–H groups in total. The van der Waals surface area contributed by atoms with E-state index in [4.69, 9.17) is 11.6 Å². The Morgan fingerprint density at radius 1 is 1.04 bits per heavy atom. The molecule has 0 atom stereocenters. The first-order valence-corrected chi connectivity index (χ1v) is 9.33. The molecule has 0 fully saturated rings. The molecule has 0 aliphatic heterocycles. The Balaban J connectivity index is 1.49. The van der Waals surface area contributed by atoms with Crippen LogP contribution in [0.25, 0.3) is 5.69 Å². The fourth-order valence-electron chi connectivity index (χ4n) is 2.81. The summed E-state index contributed by atoms with van der Waals surface area (Å²) in [4.78, 5) is 12.3. The van der Waals surface area contributed by atoms with E-state index in [0.29, 0.717) is 17.1 Å². The lowest BCUT2D eigenvalue weighted by atomic mass is 10.2. The number of carbonyl (C=O) groups is 1. The molecule has 27 heavy (non-hydrogen) atoms. The van der Waals surface area contributed by atoms with Crippen molar-refractivity contribution in [2.24, 2.45) is 0 Å². The normalized spacial score (nSPS) is 10.6. The molecule has 0 aliphatic carbocycles. The molecule has 0 aliphatic rings. The van der Waals surface area contributed by atoms with Gasteiger partial charge in [0, 0.05) is 24.3 Å². The molecule has 2 aromatic carbocycles. The molecule has 0 bridgehead atoms. The molecule has 3 aromatic rings. The van der Waals surface area contributed by atoms with Gasteiger partial charge in [0.1, 0.15) is 0 Å². The summed E-state index contributed by atoms with van der Waals surface area (Å²) in [5.74, 6) is -0.0762. The Hall–Kier alpha value is -2.79. The van der Waals surface area contributed by atoms with Crippen LogP contribution in [0.15, 0.2) is 54.6 Å². The molecular weight excluding hydrogens is 360 g/mol. The summed E-state index contributed by atoms with van der Waals surface area (Å²) >= 11 is 6.20. The fourth-order valence-corrected chi connectivity index (χ4v) is 2.93. The molecule has 0 unspecified atom stereocenters. The summed E-state index contributed by atoms with van der Waals surface area (Å²) in [5.41, 5.74) is 4.27. The van der Waals surface area contributed by atoms with Crippen LogP contribution in [0.5, 0.6) is 0 Å². The third kappa shape index (κ3) is 4.68. The van der Waals surface area contributed by atoms with Gasteiger partial charge < -0.3 is 10.6 Å². The Kier molecular flexibility index (Phi) is 6.14. The molecule has 0 saturated carbocycles. The number of para-hydroxylation sites is 1. The fraction of sp³-hybridized carbons (Fsp3) is 0.238. The third-order valence-electron chi connectivity index (χ3n) is 4.32. The number of amides is 1. The van der Waals surface area contributed by atoms with Crippen molar-refractivity contribution in [3.8, 4) is 5.69 Å². The number of nitrogens with zero attached hydrogens (tertiary/aromatic N) is 2. The van der Waals surface area contributed by atoms with Crippen molar-refractivity contribution in [1.29, 1.82) is 0 Å². The van der Waals surface area contributed by atoms with Gasteiger partial charge >= 0.3 is 0 Å². The number of halogens is 1. The number of nitrogens with one attached hydrogen (secondary N) is 2. The van der Waals surface area contributed by atoms with E-state index >= 15 is 0 Å². The van der Waals surface area contributed by atoms with Gasteiger partial charge in [0.25, 0.3) is 5.91 Å². The van der Waals surface area contributed by atoms with Gasteiger partial charge in [-0.1, -0.05) is 29.8 Å². The summed E-state index contributed by atoms with van der Waals surface area (Å²) < 4.78 is 1.79. The van der Waals surface area contributed by atoms with Crippen molar-refractivity contribution < 1.29 is 4.79 Å². The second kappa shape index (κ2) is 8.73. The van der Waals surface area contributed by atoms with Crippen molar-refractivity contribution in [3.05, 3.63) is 76.6 Å². The minimum Gasteiger partial charge on any atom is -0.385 e. The number of anilines is 1. The quantitative estimate of drug-likeness (QED) is 0.596. The van der Waals surface area contributed by atoms with Gasteiger partial charge in [-0.2, -0.15) is 5.10 Å². The summed E-state index contributed by atoms with van der Waals surface area (Å²) in [7, 11) is 0. The highest BCUT2D eigenvalue weighted by Gasteiger charge is 2.11. The minimum atomic E-state index is -0.0762. The Bertz CT molecular complexity index is 904. The molecule has 3 rings (SSSR count). The van der Waals surface area contributed by atoms with Crippen LogP contribution in [0, 0.1) is 13.8 Å². The van der Waals surface area contributed by atoms with Crippen molar-refractivity contribution >= 4 is 23.2 Å². The minimum absolute atomic E-state index is 0.0762. The number of benzene rings is 2. The summed E-state index contributed by atoms with van der Waals surface area (Å²) in [6, 6.07) is 17.4. The van der Waals surface area contributed by atoms with Crippen molar-refractivity contribution in [2.75, 3.05) is 18.4 Å². The van der Waals surface area contributed by atoms with E-state index in [2.05, 4.69) is 15.7 Å². The van der Waals surface area contributed by atoms with E-state index in [-0.39, 0.29) is 5.91 Å². The summed E-state index contributed by atoms with van der Waals surface area (Å²) in [6.45, 7) is 5.22. The molecule has 0 radical (unpaired) electrons. The maximum atomic E-state index is 12.3. The number of rotatable bonds is 7. The van der Waals surface area contributed by atoms with Gasteiger partial charge in [0.05, 0.1) is 22.1 Å². The SMILES string of the molecule is Cc1nn(-c2ccc(C(=O)NCCCNc3ccccc3)cc2)c(C)c1Cl. The van der Waals surface area contributed by atoms with Crippen LogP contribution < -0.4 is 10.6 Å². The van der Waals surface area contributed by atoms with E-state index < -0.39 is 0 Å². The summed E-state index contributed by atoms with van der Waals surface area (Å²) in [6.07, 6.45) is 0.850. The van der Waals surface area contributed by atoms with Crippen LogP contribution in [0.4, 0.5) is 5.69 Å². The topological polar surface area (TPSA) is 59.0 Å². The van der Waals surface area contributed by atoms with Crippen molar-refractivity contribution in [1.82, 2.24) is 15.1 Å². The summed E-state index contributed by atoms with van der Waals surface area (Å²) in [5, 5.41) is 11.4. The van der Waals surface area contributed by atoms with Gasteiger partial charge in [-0.15, -0.1) is 0 Å². The van der Waals surface area contributed by atoms with E-state index in [1.807, 2.05) is 56.3 Å². The zero-order chi connectivity index (χ0) is 19.2. The second-order valence-corrected chi connectivity index (χ2v) is 6.72. The maximum Gasteiger partial charge on any atom is 0.251 e. The lowest BCUT2D eigenvalue weighted by Gasteiger charge is -2.09. The van der Waals surface area contributed by atoms with Crippen LogP contribution >= 0.6 is 11.6 Å². The van der Waals surface area contributed by atoms with Gasteiger partial charge in [-0.25, -0.2) is 4.68 Å². The lowest BCUT2D eigenvalue weighted by Crippen LogP contribution is -2.25. The van der Waals surface area contributed by atoms with Crippen LogP contribution in [0.2, 0.25) is 5.02 Å². The standard InChI is InChI=1S/C21H23ClN4O/c1-15-20(22)16(2)26(25-15)19-11-9-17(10-12-19)21(27)24-14-6-13-23-18-7-4-3-5-8-18/h3-5,7-12,23H,6,13-14H2,1-2H3,(H,24,27). The van der Waals surface area contributed by atoms with Crippen LogP contribution in [-0.2, 0) is 0 Å². The van der Waals surface area contributed by atoms with E-state index in [9.17, 15) is 4.79 Å². The smallest absolute Gasteiger partial charge is 0.251 e. The predicted octanol–water partition coefficient (Wildman–Crippen LogP) is 4.37. The average molecular weight is 383 g/mol. The highest BCUT2D eigenvalue weighted by molar-refractivity contribution is 6.31. The Morgan fingerprint density at radius 3 is 2.37 bits per heavy atom. The van der Waals surface area contributed by atoms with E-state index in [1.165, 1.54) is 0 Å². The van der Waals surface area contributed by atoms with Crippen LogP contribution in [-0.4, -0.2) is 28.8 Å². The van der Waals surface area contributed by atoms with Gasteiger partial charge in [0.2, 0.25) is 0 Å². The van der Waals surface area contributed by atoms with Crippen molar-refractivity contribution in [2.45, 2.75) is 20.3 Å². The van der Waals surface area contributed by atoms with E-state index in [0.717, 1.165) is 35.7 Å². The molecule has 1 amide bonds. The van der Waals surface area contributed by atoms with E-state index in [1.54, 1.807) is 16.8 Å². The third-order valence-corrected chi connectivity index (χ3v) is 4.87. The molecule has 1 aromatic heterocycles. The number of hydrogen-bond donors (Lipinski definition) is 2. The molecular formula is C21H23ClN4O. The zero-order valence-electron chi connectivity index (χ0n) is 15.5. The maximum absolute atomic E-state index is 12.3. The Labute approximate surface area is 164 Å². The highest BCUT2D eigenvalue weighted by atomic mass is 35.5. The highest BCUT2D eigenvalue weighted by Crippen LogP contribution is 2.22. The molecule has 6 heteroatoms. The number of aromatic nitrogens is 2. The average Bonchev–Trinajstić information content (AvgIpc) is 2.96. The van der Waals surface area contributed by atoms with Gasteiger partial charge in [0.15, 0.2) is 0 Å². The first kappa shape index (κ1) is 19.0. The first-order valence-electron chi connectivity index (χ1n) is 8.95. The second-order valence-electron chi connectivity index (χ2n) is 6.35. The number of hydrogen-bond acceptors (Lipinski definition) is 3. The van der Waals surface area contributed by atoms with Crippen LogP contribution in [0.1, 0.15) is 28.2 Å². The van der Waals surface area contributed by atoms with Crippen LogP contribution in [0.3, 0.4) is 0 Å². The largest absolute Gasteiger partial charge is 0.385 e. The van der Waals surface area contributed by atoms with Gasteiger partial charge in [-0.05, 0) is 56.7 Å². The molecule has 0 spiro atoms. The van der Waals surface area contributed by atoms with Crippen molar-refractivity contribution in [3.63, 3.8) is 0 Å². The molecule has 1 heterocycles. The first-order chi connectivity index (χ1) is 13.1. The molecule has 140 valence electrons. The zero-order valence-corrected chi connectivity index (χ0v) is 16.3. The van der Waals surface area contributed by atoms with Gasteiger partial charge in [-0.3, -0.25) is 4.79 Å². The predicted molar refractivity (Wildman–Crippen MR) is 110 cm³/mol. The molecule has 0 saturated heterocycles. The molecule has 5 nitrogen and oxygen atoms in total. The lowest BCUT2D eigenvalue weighted by molar-refractivity contribution is 0.0953.